The summed E-state index contributed by atoms with van der Waals surface area (Å²) in [5, 5.41) is 42.3. The molecule has 2 rings (SSSR count). The number of carboxylic acid groups (broad SMARTS) is 1. The first-order chi connectivity index (χ1) is 15.1. The average molecular weight is 475 g/mol. The molecular formula is C26H43NaO6. The van der Waals surface area contributed by atoms with Gasteiger partial charge < -0.3 is 30.0 Å². The molecular weight excluding hydrogens is 431 g/mol. The number of unbranched alkanes of at least 4 members (excludes halogenated alkanes) is 3. The molecule has 6 nitrogen and oxygen atoms in total. The van der Waals surface area contributed by atoms with Crippen LogP contribution in [-0.2, 0) is 9.53 Å². The number of aliphatic hydroxyl groups is 3. The summed E-state index contributed by atoms with van der Waals surface area (Å²) in [5.74, 6) is -0.852. The summed E-state index contributed by atoms with van der Waals surface area (Å²) in [6.45, 7) is 9.22. The molecule has 2 aliphatic carbocycles. The molecule has 0 bridgehead atoms. The number of aliphatic hydroxyl groups excluding tert-OH is 3. The van der Waals surface area contributed by atoms with Crippen LogP contribution >= 0.6 is 0 Å². The molecule has 0 aliphatic heterocycles. The third kappa shape index (κ3) is 8.28. The van der Waals surface area contributed by atoms with E-state index in [-0.39, 0.29) is 76.8 Å². The van der Waals surface area contributed by atoms with Crippen molar-refractivity contribution >= 4 is 5.97 Å². The van der Waals surface area contributed by atoms with E-state index in [4.69, 9.17) is 4.74 Å². The predicted molar refractivity (Wildman–Crippen MR) is 123 cm³/mol. The number of ether oxygens (including phenoxy) is 1. The number of fused-ring (bicyclic) bond motifs is 1. The van der Waals surface area contributed by atoms with E-state index < -0.39 is 12.1 Å². The van der Waals surface area contributed by atoms with Crippen molar-refractivity contribution in [3.8, 4) is 0 Å². The van der Waals surface area contributed by atoms with Crippen molar-refractivity contribution < 1.29 is 59.5 Å². The molecule has 33 heavy (non-hydrogen) atoms. The average Bonchev–Trinajstić information content (AvgIpc) is 2.74. The second-order valence-corrected chi connectivity index (χ2v) is 10.2. The van der Waals surface area contributed by atoms with Gasteiger partial charge in [-0.25, -0.2) is 0 Å². The third-order valence-corrected chi connectivity index (χ3v) is 7.72. The molecule has 0 heterocycles. The standard InChI is InChI=1S/C26H44O6.Na/c1-5-13-26(4,6-2)16-32-22-15-21(28)25(31)19-14-20(27)17(3)18(24(19)22)11-9-7-8-10-12-23(29)30;/h14,17-18,21-22,24,27-28,31H,5-13,15-16H2,1-4H3,(H,29,30);/q;+1/p-1/t17-,18+,21-,22-,24+,26?;/m0./s1. The van der Waals surface area contributed by atoms with Crippen LogP contribution in [0.15, 0.2) is 23.2 Å². The SMILES string of the molecule is CCCC(C)(CC)CO[C@H]1C[C@H](O)C(O)=C2C=C(O)[C@@H](C)[C@@H](CCCCCCC(=O)[O-])[C@H]21.[Na+]. The van der Waals surface area contributed by atoms with Crippen molar-refractivity contribution in [2.75, 3.05) is 6.61 Å². The molecule has 7 heteroatoms. The maximum Gasteiger partial charge on any atom is 1.00 e. The summed E-state index contributed by atoms with van der Waals surface area (Å²) >= 11 is 0. The Hall–Kier alpha value is -0.530. The number of hydrogen-bond donors (Lipinski definition) is 3. The van der Waals surface area contributed by atoms with Gasteiger partial charge in [0.2, 0.25) is 0 Å². The van der Waals surface area contributed by atoms with E-state index in [1.165, 1.54) is 0 Å². The molecule has 2 aliphatic rings. The monoisotopic (exact) mass is 474 g/mol. The first-order valence-corrected chi connectivity index (χ1v) is 12.5. The molecule has 3 N–H and O–H groups in total. The van der Waals surface area contributed by atoms with Crippen LogP contribution in [0.3, 0.4) is 0 Å². The zero-order valence-corrected chi connectivity index (χ0v) is 23.3. The van der Waals surface area contributed by atoms with Gasteiger partial charge in [0.05, 0.1) is 18.5 Å². The van der Waals surface area contributed by atoms with Gasteiger partial charge in [-0.1, -0.05) is 53.4 Å². The predicted octanol–water partition coefficient (Wildman–Crippen LogP) is 1.58. The van der Waals surface area contributed by atoms with E-state index in [9.17, 15) is 25.2 Å². The largest absolute Gasteiger partial charge is 1.00 e. The fourth-order valence-electron chi connectivity index (χ4n) is 5.41. The summed E-state index contributed by atoms with van der Waals surface area (Å²) in [6, 6.07) is 0. The molecule has 0 radical (unpaired) electrons. The molecule has 0 saturated carbocycles. The van der Waals surface area contributed by atoms with Crippen LogP contribution in [0.5, 0.6) is 0 Å². The second-order valence-electron chi connectivity index (χ2n) is 10.2. The van der Waals surface area contributed by atoms with Crippen LogP contribution in [0, 0.1) is 23.2 Å². The van der Waals surface area contributed by atoms with Gasteiger partial charge in [-0.3, -0.25) is 0 Å². The van der Waals surface area contributed by atoms with E-state index >= 15 is 0 Å². The Morgan fingerprint density at radius 3 is 2.48 bits per heavy atom. The summed E-state index contributed by atoms with van der Waals surface area (Å²) in [7, 11) is 0. The molecule has 184 valence electrons. The Balaban J connectivity index is 0.00000544. The van der Waals surface area contributed by atoms with E-state index in [0.29, 0.717) is 25.0 Å². The maximum atomic E-state index is 10.6. The number of carbonyl (C=O) groups is 1. The quantitative estimate of drug-likeness (QED) is 0.276. The molecule has 0 aromatic rings. The molecule has 0 aromatic carbocycles. The summed E-state index contributed by atoms with van der Waals surface area (Å²) in [4.78, 5) is 10.6. The molecule has 0 spiro atoms. The summed E-state index contributed by atoms with van der Waals surface area (Å²) in [5.41, 5.74) is 0.690. The molecule has 0 aromatic heterocycles. The Kier molecular flexibility index (Phi) is 13.1. The van der Waals surface area contributed by atoms with Crippen molar-refractivity contribution in [3.05, 3.63) is 23.2 Å². The number of allylic oxidation sites excluding steroid dienone is 2. The van der Waals surface area contributed by atoms with Gasteiger partial charge in [-0.15, -0.1) is 0 Å². The summed E-state index contributed by atoms with van der Waals surface area (Å²) in [6.07, 6.45) is 8.19. The van der Waals surface area contributed by atoms with Crippen LogP contribution < -0.4 is 34.7 Å². The van der Waals surface area contributed by atoms with E-state index in [2.05, 4.69) is 20.8 Å². The Labute approximate surface area is 221 Å². The fourth-order valence-corrected chi connectivity index (χ4v) is 5.41. The molecule has 0 fully saturated rings. The van der Waals surface area contributed by atoms with E-state index in [0.717, 1.165) is 44.9 Å². The number of carbonyl (C=O) groups excluding carboxylic acids is 1. The van der Waals surface area contributed by atoms with Crippen molar-refractivity contribution in [3.63, 3.8) is 0 Å². The minimum absolute atomic E-state index is 0. The molecule has 0 saturated heterocycles. The molecule has 6 atom stereocenters. The first kappa shape index (κ1) is 30.5. The van der Waals surface area contributed by atoms with Crippen LogP contribution in [0.2, 0.25) is 0 Å². The van der Waals surface area contributed by atoms with Crippen molar-refractivity contribution in [1.82, 2.24) is 0 Å². The normalized spacial score (nSPS) is 29.0. The van der Waals surface area contributed by atoms with Gasteiger partial charge in [0.1, 0.15) is 11.9 Å². The van der Waals surface area contributed by atoms with Crippen LogP contribution in [0.4, 0.5) is 0 Å². The van der Waals surface area contributed by atoms with E-state index in [1.54, 1.807) is 6.08 Å². The van der Waals surface area contributed by atoms with Crippen LogP contribution in [-0.4, -0.2) is 40.1 Å². The van der Waals surface area contributed by atoms with Gasteiger partial charge in [0, 0.05) is 29.8 Å². The number of rotatable bonds is 13. The number of carboxylic acids is 1. The van der Waals surface area contributed by atoms with Gasteiger partial charge in [0.25, 0.3) is 0 Å². The Morgan fingerprint density at radius 2 is 1.88 bits per heavy atom. The Morgan fingerprint density at radius 1 is 1.21 bits per heavy atom. The zero-order valence-electron chi connectivity index (χ0n) is 21.3. The van der Waals surface area contributed by atoms with E-state index in [1.807, 2.05) is 6.92 Å². The topological polar surface area (TPSA) is 110 Å². The maximum absolute atomic E-state index is 10.6. The minimum atomic E-state index is -1.01. The van der Waals surface area contributed by atoms with Gasteiger partial charge in [-0.05, 0) is 49.5 Å². The Bertz CT molecular complexity index is 690. The fraction of sp³-hybridized carbons (Fsp3) is 0.808. The molecule has 0 amide bonds. The van der Waals surface area contributed by atoms with Crippen molar-refractivity contribution in [1.29, 1.82) is 0 Å². The van der Waals surface area contributed by atoms with Crippen molar-refractivity contribution in [2.24, 2.45) is 23.2 Å². The zero-order chi connectivity index (χ0) is 23.9. The smallest absolute Gasteiger partial charge is 0.550 e. The minimum Gasteiger partial charge on any atom is -0.550 e. The first-order valence-electron chi connectivity index (χ1n) is 12.5. The van der Waals surface area contributed by atoms with Crippen LogP contribution in [0.1, 0.15) is 91.9 Å². The van der Waals surface area contributed by atoms with Crippen molar-refractivity contribution in [2.45, 2.75) is 104 Å². The van der Waals surface area contributed by atoms with Gasteiger partial charge >= 0.3 is 29.6 Å². The third-order valence-electron chi connectivity index (χ3n) is 7.72. The van der Waals surface area contributed by atoms with Gasteiger partial charge in [0.15, 0.2) is 0 Å². The summed E-state index contributed by atoms with van der Waals surface area (Å²) < 4.78 is 6.48. The second kappa shape index (κ2) is 14.1. The van der Waals surface area contributed by atoms with Gasteiger partial charge in [-0.2, -0.15) is 0 Å². The number of hydrogen-bond acceptors (Lipinski definition) is 6. The van der Waals surface area contributed by atoms with Crippen LogP contribution in [0.25, 0.3) is 0 Å². The number of aliphatic carboxylic acids is 1. The molecule has 1 unspecified atom stereocenters.